The van der Waals surface area contributed by atoms with Crippen molar-refractivity contribution in [3.8, 4) is 0 Å². The van der Waals surface area contributed by atoms with Crippen molar-refractivity contribution in [3.05, 3.63) is 71.8 Å². The lowest BCUT2D eigenvalue weighted by Crippen LogP contribution is -2.43. The van der Waals surface area contributed by atoms with Crippen molar-refractivity contribution in [2.45, 2.75) is 33.0 Å². The smallest absolute Gasteiger partial charge is 0.407 e. The molecule has 194 valence electrons. The van der Waals surface area contributed by atoms with E-state index in [0.29, 0.717) is 0 Å². The third-order valence-corrected chi connectivity index (χ3v) is 4.93. The molecule has 0 aliphatic rings. The number of alkyl carbamates (subject to hydrolysis) is 2. The summed E-state index contributed by atoms with van der Waals surface area (Å²) in [5.74, 6) is -0.766. The predicted octanol–water partition coefficient (Wildman–Crippen LogP) is 3.01. The van der Waals surface area contributed by atoms with Gasteiger partial charge in [-0.2, -0.15) is 0 Å². The van der Waals surface area contributed by atoms with Gasteiger partial charge >= 0.3 is 18.2 Å². The first-order chi connectivity index (χ1) is 17.5. The molecule has 0 saturated heterocycles. The highest BCUT2D eigenvalue weighted by Gasteiger charge is 2.16. The van der Waals surface area contributed by atoms with Crippen molar-refractivity contribution in [3.63, 3.8) is 0 Å². The van der Waals surface area contributed by atoms with E-state index in [4.69, 9.17) is 14.2 Å². The molecule has 0 heterocycles. The number of amides is 3. The van der Waals surface area contributed by atoms with Gasteiger partial charge < -0.3 is 29.7 Å². The average molecular weight is 500 g/mol. The van der Waals surface area contributed by atoms with Gasteiger partial charge in [0.05, 0.1) is 13.0 Å². The Balaban J connectivity index is 1.77. The van der Waals surface area contributed by atoms with Gasteiger partial charge in [-0.1, -0.05) is 60.7 Å². The SMILES string of the molecule is CCOC(=O)CCC(=O)N(CCNC(=O)OCc1ccccc1)CCNC(=O)OCc1ccccc1. The van der Waals surface area contributed by atoms with Gasteiger partial charge in [-0.05, 0) is 18.1 Å². The zero-order chi connectivity index (χ0) is 26.0. The molecule has 36 heavy (non-hydrogen) atoms. The normalized spacial score (nSPS) is 10.1. The van der Waals surface area contributed by atoms with Crippen molar-refractivity contribution in [2.24, 2.45) is 0 Å². The molecule has 0 aromatic heterocycles. The molecule has 10 heteroatoms. The number of rotatable bonds is 14. The summed E-state index contributed by atoms with van der Waals surface area (Å²) < 4.78 is 15.2. The third-order valence-electron chi connectivity index (χ3n) is 4.93. The molecule has 0 fully saturated rings. The van der Waals surface area contributed by atoms with E-state index < -0.39 is 18.2 Å². The Morgan fingerprint density at radius 3 is 1.61 bits per heavy atom. The summed E-state index contributed by atoms with van der Waals surface area (Å²) in [4.78, 5) is 49.7. The second-order valence-corrected chi connectivity index (χ2v) is 7.66. The number of carbonyl (C=O) groups is 4. The van der Waals surface area contributed by atoms with Crippen LogP contribution in [0.1, 0.15) is 30.9 Å². The Morgan fingerprint density at radius 2 is 1.17 bits per heavy atom. The Morgan fingerprint density at radius 1 is 0.694 bits per heavy atom. The zero-order valence-corrected chi connectivity index (χ0v) is 20.4. The van der Waals surface area contributed by atoms with Crippen LogP contribution in [0.25, 0.3) is 0 Å². The minimum atomic E-state index is -0.611. The average Bonchev–Trinajstić information content (AvgIpc) is 2.90. The summed E-state index contributed by atoms with van der Waals surface area (Å²) in [7, 11) is 0. The maximum atomic E-state index is 12.7. The minimum Gasteiger partial charge on any atom is -0.466 e. The van der Waals surface area contributed by atoms with Crippen LogP contribution in [0, 0.1) is 0 Å². The van der Waals surface area contributed by atoms with E-state index in [1.807, 2.05) is 60.7 Å². The van der Waals surface area contributed by atoms with Crippen molar-refractivity contribution < 1.29 is 33.4 Å². The first-order valence-electron chi connectivity index (χ1n) is 11.8. The number of nitrogens with zero attached hydrogens (tertiary/aromatic N) is 1. The van der Waals surface area contributed by atoms with Gasteiger partial charge in [0.1, 0.15) is 13.2 Å². The van der Waals surface area contributed by atoms with Gasteiger partial charge in [-0.3, -0.25) is 9.59 Å². The van der Waals surface area contributed by atoms with Gasteiger partial charge in [0.2, 0.25) is 5.91 Å². The summed E-state index contributed by atoms with van der Waals surface area (Å²) >= 11 is 0. The van der Waals surface area contributed by atoms with E-state index in [1.165, 1.54) is 4.90 Å². The molecule has 0 atom stereocenters. The monoisotopic (exact) mass is 499 g/mol. The van der Waals surface area contributed by atoms with Gasteiger partial charge in [-0.15, -0.1) is 0 Å². The van der Waals surface area contributed by atoms with Crippen LogP contribution in [0.3, 0.4) is 0 Å². The van der Waals surface area contributed by atoms with Crippen LogP contribution in [-0.2, 0) is 37.0 Å². The number of hydrogen-bond donors (Lipinski definition) is 2. The van der Waals surface area contributed by atoms with Gasteiger partial charge in [-0.25, -0.2) is 9.59 Å². The van der Waals surface area contributed by atoms with Crippen molar-refractivity contribution in [1.82, 2.24) is 15.5 Å². The van der Waals surface area contributed by atoms with Crippen LogP contribution in [0.4, 0.5) is 9.59 Å². The fraction of sp³-hybridized carbons (Fsp3) is 0.385. The summed E-state index contributed by atoms with van der Waals surface area (Å²) in [6.45, 7) is 2.80. The van der Waals surface area contributed by atoms with E-state index >= 15 is 0 Å². The maximum Gasteiger partial charge on any atom is 0.407 e. The third kappa shape index (κ3) is 11.9. The highest BCUT2D eigenvalue weighted by Crippen LogP contribution is 2.03. The topological polar surface area (TPSA) is 123 Å². The van der Waals surface area contributed by atoms with Crippen LogP contribution in [0.5, 0.6) is 0 Å². The molecule has 3 amide bonds. The minimum absolute atomic E-state index is 0.0459. The molecule has 2 N–H and O–H groups in total. The van der Waals surface area contributed by atoms with E-state index in [-0.39, 0.29) is 64.7 Å². The second-order valence-electron chi connectivity index (χ2n) is 7.66. The van der Waals surface area contributed by atoms with E-state index in [0.717, 1.165) is 11.1 Å². The summed E-state index contributed by atoms with van der Waals surface area (Å²) in [5, 5.41) is 5.20. The molecule has 0 spiro atoms. The van der Waals surface area contributed by atoms with Gasteiger partial charge in [0.25, 0.3) is 0 Å². The molecule has 0 radical (unpaired) electrons. The van der Waals surface area contributed by atoms with Crippen LogP contribution < -0.4 is 10.6 Å². The number of esters is 1. The molecule has 0 unspecified atom stereocenters. The summed E-state index contributed by atoms with van der Waals surface area (Å²) in [6, 6.07) is 18.5. The van der Waals surface area contributed by atoms with Gasteiger partial charge in [0.15, 0.2) is 0 Å². The zero-order valence-electron chi connectivity index (χ0n) is 20.4. The van der Waals surface area contributed by atoms with Crippen LogP contribution in [0.2, 0.25) is 0 Å². The number of hydrogen-bond acceptors (Lipinski definition) is 7. The van der Waals surface area contributed by atoms with Crippen molar-refractivity contribution in [1.29, 1.82) is 0 Å². The molecule has 0 aliphatic heterocycles. The molecule has 2 aromatic rings. The molecule has 0 saturated carbocycles. The molecular weight excluding hydrogens is 466 g/mol. The maximum absolute atomic E-state index is 12.7. The Hall–Kier alpha value is -4.08. The number of carbonyl (C=O) groups excluding carboxylic acids is 4. The van der Waals surface area contributed by atoms with Crippen LogP contribution in [-0.4, -0.2) is 61.7 Å². The number of benzene rings is 2. The standard InChI is InChI=1S/C26H33N3O7/c1-2-34-24(31)14-13-23(30)29(17-15-27-25(32)35-19-21-9-5-3-6-10-21)18-16-28-26(33)36-20-22-11-7-4-8-12-22/h3-12H,2,13-20H2,1H3,(H,27,32)(H,28,33). The van der Waals surface area contributed by atoms with Crippen molar-refractivity contribution in [2.75, 3.05) is 32.8 Å². The number of nitrogens with one attached hydrogen (secondary N) is 2. The van der Waals surface area contributed by atoms with E-state index in [9.17, 15) is 19.2 Å². The van der Waals surface area contributed by atoms with Crippen LogP contribution >= 0.6 is 0 Å². The lowest BCUT2D eigenvalue weighted by molar-refractivity contribution is -0.145. The lowest BCUT2D eigenvalue weighted by Gasteiger charge is -2.23. The quantitative estimate of drug-likeness (QED) is 0.303. The fourth-order valence-electron chi connectivity index (χ4n) is 3.10. The lowest BCUT2D eigenvalue weighted by atomic mass is 10.2. The van der Waals surface area contributed by atoms with E-state index in [2.05, 4.69) is 10.6 Å². The van der Waals surface area contributed by atoms with Crippen LogP contribution in [0.15, 0.2) is 60.7 Å². The van der Waals surface area contributed by atoms with Gasteiger partial charge in [0, 0.05) is 32.6 Å². The first kappa shape index (κ1) is 28.2. The summed E-state index contributed by atoms with van der Waals surface area (Å²) in [5.41, 5.74) is 1.71. The predicted molar refractivity (Wildman–Crippen MR) is 132 cm³/mol. The first-order valence-corrected chi connectivity index (χ1v) is 11.8. The molecule has 0 bridgehead atoms. The highest BCUT2D eigenvalue weighted by atomic mass is 16.6. The Bertz CT molecular complexity index is 893. The molecule has 10 nitrogen and oxygen atoms in total. The summed E-state index contributed by atoms with van der Waals surface area (Å²) in [6.07, 6.45) is -1.32. The second kappa shape index (κ2) is 16.5. The molecule has 0 aliphatic carbocycles. The van der Waals surface area contributed by atoms with Crippen molar-refractivity contribution >= 4 is 24.1 Å². The number of ether oxygens (including phenoxy) is 3. The Kier molecular flexibility index (Phi) is 12.9. The molecule has 2 rings (SSSR count). The highest BCUT2D eigenvalue weighted by molar-refractivity contribution is 5.81. The Labute approximate surface area is 210 Å². The largest absolute Gasteiger partial charge is 0.466 e. The van der Waals surface area contributed by atoms with E-state index in [1.54, 1.807) is 6.92 Å². The fourth-order valence-corrected chi connectivity index (χ4v) is 3.10. The molecular formula is C26H33N3O7. The molecule has 2 aromatic carbocycles.